The van der Waals surface area contributed by atoms with Crippen molar-refractivity contribution in [1.29, 1.82) is 0 Å². The average Bonchev–Trinajstić information content (AvgIpc) is 2.50. The standard InChI is InChI=1S/C18H30N2O4/c1-10(16(7)21)12(3)19-14(5)15(6)20-13(4)11(2)17(22)8-9-18(23)24/h14-15,19-20H,8-9H2,1-7H3,(H,23,24). The summed E-state index contributed by atoms with van der Waals surface area (Å²) in [6, 6.07) is 0.0538. The molecule has 0 aliphatic rings. The molecule has 0 aromatic heterocycles. The van der Waals surface area contributed by atoms with Gasteiger partial charge in [0.2, 0.25) is 0 Å². The van der Waals surface area contributed by atoms with Gasteiger partial charge in [-0.05, 0) is 48.5 Å². The Morgan fingerprint density at radius 2 is 1.21 bits per heavy atom. The molecule has 0 aliphatic carbocycles. The van der Waals surface area contributed by atoms with Gasteiger partial charge in [-0.25, -0.2) is 0 Å². The number of hydrogen-bond donors (Lipinski definition) is 3. The van der Waals surface area contributed by atoms with Gasteiger partial charge < -0.3 is 15.7 Å². The Labute approximate surface area is 144 Å². The second kappa shape index (κ2) is 9.90. The molecule has 0 amide bonds. The molecule has 0 aromatic rings. The lowest BCUT2D eigenvalue weighted by Crippen LogP contribution is -2.43. The smallest absolute Gasteiger partial charge is 0.303 e. The minimum absolute atomic E-state index is 0.00201. The van der Waals surface area contributed by atoms with Gasteiger partial charge in [-0.15, -0.1) is 0 Å². The van der Waals surface area contributed by atoms with Crippen LogP contribution >= 0.6 is 0 Å². The highest BCUT2D eigenvalue weighted by atomic mass is 16.4. The molecular formula is C18H30N2O4. The fraction of sp³-hybridized carbons (Fsp3) is 0.611. The summed E-state index contributed by atoms with van der Waals surface area (Å²) in [7, 11) is 0. The molecule has 0 radical (unpaired) electrons. The number of carboxylic acid groups (broad SMARTS) is 1. The zero-order chi connectivity index (χ0) is 19.0. The molecule has 0 rings (SSSR count). The molecule has 0 fully saturated rings. The SMILES string of the molecule is CC(=O)C(C)=C(C)NC(C)C(C)NC(C)=C(C)C(=O)CCC(=O)O. The molecule has 24 heavy (non-hydrogen) atoms. The number of nitrogens with one attached hydrogen (secondary N) is 2. The van der Waals surface area contributed by atoms with E-state index in [4.69, 9.17) is 5.11 Å². The third-order valence-corrected chi connectivity index (χ3v) is 4.28. The fourth-order valence-corrected chi connectivity index (χ4v) is 2.03. The first kappa shape index (κ1) is 21.9. The average molecular weight is 338 g/mol. The van der Waals surface area contributed by atoms with E-state index in [0.29, 0.717) is 11.1 Å². The van der Waals surface area contributed by atoms with E-state index in [1.807, 2.05) is 20.8 Å². The molecule has 0 aliphatic heterocycles. The van der Waals surface area contributed by atoms with E-state index in [1.165, 1.54) is 6.92 Å². The summed E-state index contributed by atoms with van der Waals surface area (Å²) >= 11 is 0. The van der Waals surface area contributed by atoms with E-state index in [2.05, 4.69) is 10.6 Å². The van der Waals surface area contributed by atoms with Gasteiger partial charge in [-0.1, -0.05) is 0 Å². The van der Waals surface area contributed by atoms with Gasteiger partial charge in [0.1, 0.15) is 0 Å². The van der Waals surface area contributed by atoms with E-state index in [9.17, 15) is 14.4 Å². The van der Waals surface area contributed by atoms with Crippen LogP contribution in [0.3, 0.4) is 0 Å². The summed E-state index contributed by atoms with van der Waals surface area (Å²) in [5.41, 5.74) is 2.81. The Kier molecular flexibility index (Phi) is 9.03. The van der Waals surface area contributed by atoms with Crippen LogP contribution in [-0.4, -0.2) is 34.7 Å². The highest BCUT2D eigenvalue weighted by Gasteiger charge is 2.16. The molecule has 6 nitrogen and oxygen atoms in total. The lowest BCUT2D eigenvalue weighted by Gasteiger charge is -2.26. The van der Waals surface area contributed by atoms with Crippen LogP contribution in [0.5, 0.6) is 0 Å². The van der Waals surface area contributed by atoms with Gasteiger partial charge in [-0.3, -0.25) is 14.4 Å². The van der Waals surface area contributed by atoms with E-state index < -0.39 is 5.97 Å². The van der Waals surface area contributed by atoms with Crippen molar-refractivity contribution in [1.82, 2.24) is 10.6 Å². The summed E-state index contributed by atoms with van der Waals surface area (Å²) in [5.74, 6) is -1.11. The molecule has 6 heteroatoms. The van der Waals surface area contributed by atoms with Gasteiger partial charge in [0.15, 0.2) is 11.6 Å². The summed E-state index contributed by atoms with van der Waals surface area (Å²) in [4.78, 5) is 33.9. The van der Waals surface area contributed by atoms with Crippen LogP contribution in [0.4, 0.5) is 0 Å². The summed E-state index contributed by atoms with van der Waals surface area (Å²) < 4.78 is 0. The van der Waals surface area contributed by atoms with E-state index in [0.717, 1.165) is 11.4 Å². The lowest BCUT2D eigenvalue weighted by molar-refractivity contribution is -0.138. The number of carbonyl (C=O) groups is 3. The maximum atomic E-state index is 12.0. The number of hydrogen-bond acceptors (Lipinski definition) is 5. The van der Waals surface area contributed by atoms with E-state index >= 15 is 0 Å². The Morgan fingerprint density at radius 3 is 1.58 bits per heavy atom. The Hall–Kier alpha value is -2.11. The van der Waals surface area contributed by atoms with Crippen molar-refractivity contribution in [2.45, 2.75) is 73.4 Å². The summed E-state index contributed by atoms with van der Waals surface area (Å²) in [5, 5.41) is 15.2. The second-order valence-electron chi connectivity index (χ2n) is 6.24. The van der Waals surface area contributed by atoms with Gasteiger partial charge in [0.25, 0.3) is 0 Å². The van der Waals surface area contributed by atoms with Crippen LogP contribution in [0.2, 0.25) is 0 Å². The maximum absolute atomic E-state index is 12.0. The van der Waals surface area contributed by atoms with Crippen LogP contribution < -0.4 is 10.6 Å². The normalized spacial score (nSPS) is 15.6. The number of allylic oxidation sites excluding steroid dienone is 4. The van der Waals surface area contributed by atoms with Crippen molar-refractivity contribution < 1.29 is 19.5 Å². The Bertz CT molecular complexity index is 561. The van der Waals surface area contributed by atoms with Crippen LogP contribution in [0.25, 0.3) is 0 Å². The second-order valence-corrected chi connectivity index (χ2v) is 6.24. The third-order valence-electron chi connectivity index (χ3n) is 4.28. The number of carbonyl (C=O) groups excluding carboxylic acids is 2. The van der Waals surface area contributed by atoms with Crippen LogP contribution in [-0.2, 0) is 14.4 Å². The number of ketones is 2. The minimum Gasteiger partial charge on any atom is -0.481 e. The number of rotatable bonds is 10. The first-order chi connectivity index (χ1) is 11.0. The predicted molar refractivity (Wildman–Crippen MR) is 94.5 cm³/mol. The van der Waals surface area contributed by atoms with Crippen LogP contribution in [0, 0.1) is 0 Å². The largest absolute Gasteiger partial charge is 0.481 e. The molecular weight excluding hydrogens is 308 g/mol. The van der Waals surface area contributed by atoms with Crippen molar-refractivity contribution in [2.24, 2.45) is 0 Å². The van der Waals surface area contributed by atoms with Crippen molar-refractivity contribution in [2.75, 3.05) is 0 Å². The molecule has 2 atom stereocenters. The molecule has 0 bridgehead atoms. The van der Waals surface area contributed by atoms with Gasteiger partial charge in [-0.2, -0.15) is 0 Å². The van der Waals surface area contributed by atoms with Gasteiger partial charge in [0.05, 0.1) is 6.42 Å². The maximum Gasteiger partial charge on any atom is 0.303 e. The molecule has 0 spiro atoms. The molecule has 0 heterocycles. The molecule has 0 saturated carbocycles. The highest BCUT2D eigenvalue weighted by molar-refractivity contribution is 5.96. The monoisotopic (exact) mass is 338 g/mol. The Morgan fingerprint density at radius 1 is 0.792 bits per heavy atom. The zero-order valence-electron chi connectivity index (χ0n) is 15.7. The topological polar surface area (TPSA) is 95.5 Å². The van der Waals surface area contributed by atoms with Crippen LogP contribution in [0.15, 0.2) is 22.5 Å². The molecule has 0 aromatic carbocycles. The first-order valence-corrected chi connectivity index (χ1v) is 8.11. The first-order valence-electron chi connectivity index (χ1n) is 8.11. The van der Waals surface area contributed by atoms with Crippen molar-refractivity contribution in [3.05, 3.63) is 22.5 Å². The number of Topliss-reactive ketones (excluding diaryl/α,β-unsaturated/α-hetero) is 2. The quantitative estimate of drug-likeness (QED) is 0.530. The van der Waals surface area contributed by atoms with Gasteiger partial charge >= 0.3 is 5.97 Å². The molecule has 136 valence electrons. The van der Waals surface area contributed by atoms with Crippen molar-refractivity contribution >= 4 is 17.5 Å². The van der Waals surface area contributed by atoms with Gasteiger partial charge in [0, 0.05) is 41.0 Å². The lowest BCUT2D eigenvalue weighted by atomic mass is 10.0. The molecule has 2 unspecified atom stereocenters. The molecule has 3 N–H and O–H groups in total. The van der Waals surface area contributed by atoms with Crippen molar-refractivity contribution in [3.8, 4) is 0 Å². The molecule has 0 saturated heterocycles. The third kappa shape index (κ3) is 7.44. The Balaban J connectivity index is 4.83. The fourth-order valence-electron chi connectivity index (χ4n) is 2.03. The number of carboxylic acids is 1. The summed E-state index contributed by atoms with van der Waals surface area (Å²) in [6.45, 7) is 12.7. The predicted octanol–water partition coefficient (Wildman–Crippen LogP) is 2.55. The van der Waals surface area contributed by atoms with E-state index in [1.54, 1.807) is 20.8 Å². The summed E-state index contributed by atoms with van der Waals surface area (Å²) in [6.07, 6.45) is -0.159. The van der Waals surface area contributed by atoms with Crippen LogP contribution in [0.1, 0.15) is 61.3 Å². The van der Waals surface area contributed by atoms with E-state index in [-0.39, 0.29) is 36.5 Å². The zero-order valence-corrected chi connectivity index (χ0v) is 15.7. The number of aliphatic carboxylic acids is 1. The minimum atomic E-state index is -0.976. The highest BCUT2D eigenvalue weighted by Crippen LogP contribution is 2.09. The van der Waals surface area contributed by atoms with Crippen molar-refractivity contribution in [3.63, 3.8) is 0 Å².